The number of ether oxygens (including phenoxy) is 1. The summed E-state index contributed by atoms with van der Waals surface area (Å²) in [5, 5.41) is 10.9. The van der Waals surface area contributed by atoms with Crippen LogP contribution < -0.4 is 10.1 Å². The van der Waals surface area contributed by atoms with Crippen molar-refractivity contribution in [3.63, 3.8) is 0 Å². The summed E-state index contributed by atoms with van der Waals surface area (Å²) in [5.41, 5.74) is 4.79. The summed E-state index contributed by atoms with van der Waals surface area (Å²) in [6.07, 6.45) is 2.74. The van der Waals surface area contributed by atoms with Gasteiger partial charge in [-0.3, -0.25) is 5.10 Å². The Bertz CT molecular complexity index is 813. The van der Waals surface area contributed by atoms with Gasteiger partial charge in [-0.15, -0.1) is 0 Å². The van der Waals surface area contributed by atoms with Crippen molar-refractivity contribution >= 4 is 23.3 Å². The van der Waals surface area contributed by atoms with E-state index in [2.05, 4.69) is 15.5 Å². The molecule has 3 heterocycles. The number of aromatic amines is 1. The Morgan fingerprint density at radius 3 is 3.04 bits per heavy atom. The molecular formula is C18H21ClN4O2. The minimum absolute atomic E-state index is 0.0481. The minimum atomic E-state index is -0.123. The Morgan fingerprint density at radius 2 is 2.28 bits per heavy atom. The van der Waals surface area contributed by atoms with Crippen molar-refractivity contribution in [2.75, 3.05) is 18.5 Å². The summed E-state index contributed by atoms with van der Waals surface area (Å²) in [6, 6.07) is 3.58. The van der Waals surface area contributed by atoms with Crippen molar-refractivity contribution in [2.24, 2.45) is 0 Å². The van der Waals surface area contributed by atoms with E-state index in [4.69, 9.17) is 16.3 Å². The number of fused-ring (bicyclic) bond motifs is 1. The van der Waals surface area contributed by atoms with Crippen LogP contribution in [0.25, 0.3) is 0 Å². The molecule has 0 radical (unpaired) electrons. The summed E-state index contributed by atoms with van der Waals surface area (Å²) in [5.74, 6) is 0.740. The first-order valence-corrected chi connectivity index (χ1v) is 8.96. The van der Waals surface area contributed by atoms with Crippen LogP contribution >= 0.6 is 11.6 Å². The van der Waals surface area contributed by atoms with Gasteiger partial charge in [0.1, 0.15) is 5.75 Å². The molecular weight excluding hydrogens is 340 g/mol. The normalized spacial score (nSPS) is 19.0. The Kier molecular flexibility index (Phi) is 4.07. The van der Waals surface area contributed by atoms with Crippen LogP contribution in [-0.2, 0) is 6.42 Å². The average Bonchev–Trinajstić information content (AvgIpc) is 3.27. The highest BCUT2D eigenvalue weighted by atomic mass is 35.5. The first-order valence-electron chi connectivity index (χ1n) is 8.59. The predicted octanol–water partition coefficient (Wildman–Crippen LogP) is 3.98. The second-order valence-corrected chi connectivity index (χ2v) is 7.11. The molecule has 25 heavy (non-hydrogen) atoms. The molecule has 0 saturated carbocycles. The molecule has 2 amide bonds. The lowest BCUT2D eigenvalue weighted by molar-refractivity contribution is 0.206. The maximum atomic E-state index is 12.9. The van der Waals surface area contributed by atoms with E-state index in [1.807, 2.05) is 24.8 Å². The zero-order valence-electron chi connectivity index (χ0n) is 14.4. The van der Waals surface area contributed by atoms with Gasteiger partial charge in [-0.2, -0.15) is 5.10 Å². The number of anilines is 1. The molecule has 1 fully saturated rings. The number of halogens is 1. The van der Waals surface area contributed by atoms with Gasteiger partial charge in [-0.1, -0.05) is 11.6 Å². The molecule has 132 valence electrons. The second-order valence-electron chi connectivity index (χ2n) is 6.67. The maximum Gasteiger partial charge on any atom is 0.322 e. The number of likely N-dealkylation sites (tertiary alicyclic amines) is 1. The van der Waals surface area contributed by atoms with E-state index in [0.29, 0.717) is 17.3 Å². The standard InChI is InChI=1S/C18H21ClN4O2/c1-10-16(11(2)22-21-10)15-4-3-6-23(15)18(24)20-14-9-13(19)8-12-5-7-25-17(12)14/h8-9,15H,3-7H2,1-2H3,(H,20,24)(H,21,22)/t15-/m1/s1. The van der Waals surface area contributed by atoms with E-state index in [9.17, 15) is 4.79 Å². The van der Waals surface area contributed by atoms with Gasteiger partial charge in [0.25, 0.3) is 0 Å². The van der Waals surface area contributed by atoms with Crippen molar-refractivity contribution in [1.29, 1.82) is 0 Å². The number of hydrogen-bond donors (Lipinski definition) is 2. The summed E-state index contributed by atoms with van der Waals surface area (Å²) < 4.78 is 5.68. The van der Waals surface area contributed by atoms with Crippen LogP contribution in [0.4, 0.5) is 10.5 Å². The minimum Gasteiger partial charge on any atom is -0.491 e. The van der Waals surface area contributed by atoms with E-state index in [1.54, 1.807) is 6.07 Å². The molecule has 7 heteroatoms. The average molecular weight is 361 g/mol. The van der Waals surface area contributed by atoms with Gasteiger partial charge >= 0.3 is 6.03 Å². The third-order valence-electron chi connectivity index (χ3n) is 5.02. The number of rotatable bonds is 2. The molecule has 2 aliphatic rings. The Hall–Kier alpha value is -2.21. The molecule has 1 atom stereocenters. The molecule has 1 aromatic heterocycles. The summed E-state index contributed by atoms with van der Waals surface area (Å²) in [6.45, 7) is 5.33. The number of nitrogens with one attached hydrogen (secondary N) is 2. The largest absolute Gasteiger partial charge is 0.491 e. The number of carbonyl (C=O) groups is 1. The van der Waals surface area contributed by atoms with Crippen LogP contribution in [0, 0.1) is 13.8 Å². The van der Waals surface area contributed by atoms with Gasteiger partial charge in [0.05, 0.1) is 24.0 Å². The van der Waals surface area contributed by atoms with Crippen LogP contribution in [0.15, 0.2) is 12.1 Å². The number of aromatic nitrogens is 2. The molecule has 4 rings (SSSR count). The SMILES string of the molecule is Cc1n[nH]c(C)c1[C@H]1CCCN1C(=O)Nc1cc(Cl)cc2c1OCC2. The van der Waals surface area contributed by atoms with Crippen molar-refractivity contribution in [2.45, 2.75) is 39.2 Å². The number of amides is 2. The summed E-state index contributed by atoms with van der Waals surface area (Å²) >= 11 is 6.19. The molecule has 0 spiro atoms. The lowest BCUT2D eigenvalue weighted by atomic mass is 10.0. The molecule has 0 bridgehead atoms. The van der Waals surface area contributed by atoms with E-state index in [1.165, 1.54) is 0 Å². The molecule has 6 nitrogen and oxygen atoms in total. The third kappa shape index (κ3) is 2.84. The fourth-order valence-electron chi connectivity index (χ4n) is 3.91. The van der Waals surface area contributed by atoms with E-state index in [-0.39, 0.29) is 12.1 Å². The first kappa shape index (κ1) is 16.3. The Labute approximate surface area is 151 Å². The fourth-order valence-corrected chi connectivity index (χ4v) is 4.15. The highest BCUT2D eigenvalue weighted by molar-refractivity contribution is 6.31. The number of aryl methyl sites for hydroxylation is 2. The highest BCUT2D eigenvalue weighted by Crippen LogP contribution is 2.39. The van der Waals surface area contributed by atoms with E-state index < -0.39 is 0 Å². The van der Waals surface area contributed by atoms with E-state index in [0.717, 1.165) is 54.1 Å². The van der Waals surface area contributed by atoms with Crippen molar-refractivity contribution < 1.29 is 9.53 Å². The molecule has 0 unspecified atom stereocenters. The van der Waals surface area contributed by atoms with E-state index >= 15 is 0 Å². The number of nitrogens with zero attached hydrogens (tertiary/aromatic N) is 2. The van der Waals surface area contributed by atoms with Crippen molar-refractivity contribution in [3.05, 3.63) is 39.7 Å². The topological polar surface area (TPSA) is 70.2 Å². The van der Waals surface area contributed by atoms with Crippen LogP contribution in [0.5, 0.6) is 5.75 Å². The number of benzene rings is 1. The zero-order chi connectivity index (χ0) is 17.6. The van der Waals surface area contributed by atoms with Gasteiger partial charge in [-0.05, 0) is 38.8 Å². The van der Waals surface area contributed by atoms with Gasteiger partial charge < -0.3 is 15.0 Å². The van der Waals surface area contributed by atoms with Crippen LogP contribution in [0.1, 0.15) is 41.4 Å². The van der Waals surface area contributed by atoms with Crippen molar-refractivity contribution in [3.8, 4) is 5.75 Å². The number of H-pyrrole nitrogens is 1. The van der Waals surface area contributed by atoms with Crippen molar-refractivity contribution in [1.82, 2.24) is 15.1 Å². The van der Waals surface area contributed by atoms with Gasteiger partial charge in [0, 0.05) is 34.8 Å². The molecule has 1 saturated heterocycles. The number of urea groups is 1. The monoisotopic (exact) mass is 360 g/mol. The molecule has 1 aromatic carbocycles. The van der Waals surface area contributed by atoms with Gasteiger partial charge in [0.15, 0.2) is 0 Å². The predicted molar refractivity (Wildman–Crippen MR) is 96.4 cm³/mol. The highest BCUT2D eigenvalue weighted by Gasteiger charge is 2.33. The Balaban J connectivity index is 1.59. The molecule has 0 aliphatic carbocycles. The number of hydrogen-bond acceptors (Lipinski definition) is 3. The smallest absolute Gasteiger partial charge is 0.322 e. The first-order chi connectivity index (χ1) is 12.0. The lowest BCUT2D eigenvalue weighted by Gasteiger charge is -2.26. The van der Waals surface area contributed by atoms with Crippen LogP contribution in [0.3, 0.4) is 0 Å². The molecule has 2 N–H and O–H groups in total. The third-order valence-corrected chi connectivity index (χ3v) is 5.24. The lowest BCUT2D eigenvalue weighted by Crippen LogP contribution is -2.34. The summed E-state index contributed by atoms with van der Waals surface area (Å²) in [4.78, 5) is 14.8. The molecule has 2 aliphatic heterocycles. The maximum absolute atomic E-state index is 12.9. The van der Waals surface area contributed by atoms with Gasteiger partial charge in [0.2, 0.25) is 0 Å². The molecule has 2 aromatic rings. The Morgan fingerprint density at radius 1 is 1.44 bits per heavy atom. The zero-order valence-corrected chi connectivity index (χ0v) is 15.1. The quantitative estimate of drug-likeness (QED) is 0.850. The fraction of sp³-hybridized carbons (Fsp3) is 0.444. The second kappa shape index (κ2) is 6.26. The summed E-state index contributed by atoms with van der Waals surface area (Å²) in [7, 11) is 0. The number of carbonyl (C=O) groups excluding carboxylic acids is 1. The van der Waals surface area contributed by atoms with Gasteiger partial charge in [-0.25, -0.2) is 4.79 Å². The van der Waals surface area contributed by atoms with Crippen LogP contribution in [0.2, 0.25) is 5.02 Å². The van der Waals surface area contributed by atoms with Crippen LogP contribution in [-0.4, -0.2) is 34.3 Å².